The first-order valence-electron chi connectivity index (χ1n) is 6.41. The molecule has 0 aliphatic carbocycles. The van der Waals surface area contributed by atoms with Crippen molar-refractivity contribution in [1.29, 1.82) is 0 Å². The van der Waals surface area contributed by atoms with Crippen LogP contribution < -0.4 is 5.32 Å². The van der Waals surface area contributed by atoms with Crippen molar-refractivity contribution < 1.29 is 4.79 Å². The highest BCUT2D eigenvalue weighted by Gasteiger charge is 2.23. The number of nitrogens with one attached hydrogen (secondary N) is 1. The highest BCUT2D eigenvalue weighted by molar-refractivity contribution is 9.10. The van der Waals surface area contributed by atoms with E-state index in [-0.39, 0.29) is 5.91 Å². The van der Waals surface area contributed by atoms with Crippen LogP contribution in [-0.4, -0.2) is 11.1 Å². The standard InChI is InChI=1S/C16H10Br2N2OS/c17-11-7-5-10(6-8-11)9-14-15(21)20-16(22-14)19-13-4-2-1-3-12(13)18/h1-9H,(H,19,20,21)/b14-9-. The molecule has 0 radical (unpaired) electrons. The van der Waals surface area contributed by atoms with E-state index < -0.39 is 0 Å². The number of aliphatic imine (C=N–C) groups is 1. The SMILES string of the molecule is O=C1NC(=Nc2ccccc2Br)S/C1=C\c1ccc(Br)cc1. The summed E-state index contributed by atoms with van der Waals surface area (Å²) >= 11 is 8.18. The van der Waals surface area contributed by atoms with Gasteiger partial charge in [0, 0.05) is 8.95 Å². The smallest absolute Gasteiger partial charge is 0.264 e. The maximum atomic E-state index is 12.0. The van der Waals surface area contributed by atoms with Gasteiger partial charge in [-0.3, -0.25) is 4.79 Å². The van der Waals surface area contributed by atoms with Crippen LogP contribution in [0.3, 0.4) is 0 Å². The molecule has 22 heavy (non-hydrogen) atoms. The normalized spacial score (nSPS) is 18.0. The van der Waals surface area contributed by atoms with Crippen LogP contribution in [0, 0.1) is 0 Å². The number of carbonyl (C=O) groups excluding carboxylic acids is 1. The van der Waals surface area contributed by atoms with Gasteiger partial charge in [-0.25, -0.2) is 4.99 Å². The lowest BCUT2D eigenvalue weighted by Gasteiger charge is -1.98. The number of carbonyl (C=O) groups is 1. The minimum absolute atomic E-state index is 0.126. The van der Waals surface area contributed by atoms with Crippen LogP contribution in [-0.2, 0) is 4.79 Å². The number of amidine groups is 1. The predicted octanol–water partition coefficient (Wildman–Crippen LogP) is 5.10. The van der Waals surface area contributed by atoms with Gasteiger partial charge in [-0.1, -0.05) is 40.2 Å². The minimum atomic E-state index is -0.126. The summed E-state index contributed by atoms with van der Waals surface area (Å²) in [5.74, 6) is -0.126. The third-order valence-corrected chi connectivity index (χ3v) is 5.00. The monoisotopic (exact) mass is 436 g/mol. The molecular formula is C16H10Br2N2OS. The number of benzene rings is 2. The van der Waals surface area contributed by atoms with Gasteiger partial charge < -0.3 is 5.32 Å². The predicted molar refractivity (Wildman–Crippen MR) is 99.1 cm³/mol. The molecule has 0 unspecified atom stereocenters. The zero-order chi connectivity index (χ0) is 15.5. The number of nitrogens with zero attached hydrogens (tertiary/aromatic N) is 1. The van der Waals surface area contributed by atoms with E-state index in [2.05, 4.69) is 42.2 Å². The summed E-state index contributed by atoms with van der Waals surface area (Å²) in [6.45, 7) is 0. The Morgan fingerprint density at radius 1 is 1.05 bits per heavy atom. The molecule has 1 amide bonds. The molecule has 2 aromatic rings. The summed E-state index contributed by atoms with van der Waals surface area (Å²) in [5, 5.41) is 3.37. The highest BCUT2D eigenvalue weighted by atomic mass is 79.9. The molecule has 110 valence electrons. The molecule has 1 fully saturated rings. The summed E-state index contributed by atoms with van der Waals surface area (Å²) in [5.41, 5.74) is 1.76. The highest BCUT2D eigenvalue weighted by Crippen LogP contribution is 2.31. The Balaban J connectivity index is 1.84. The molecule has 1 aliphatic rings. The van der Waals surface area contributed by atoms with Crippen LogP contribution in [0.1, 0.15) is 5.56 Å². The Morgan fingerprint density at radius 3 is 2.50 bits per heavy atom. The second-order valence-electron chi connectivity index (χ2n) is 4.48. The molecule has 1 aliphatic heterocycles. The molecule has 0 aromatic heterocycles. The second-order valence-corrected chi connectivity index (χ2v) is 7.29. The Kier molecular flexibility index (Phi) is 4.81. The number of hydrogen-bond acceptors (Lipinski definition) is 3. The zero-order valence-corrected chi connectivity index (χ0v) is 15.2. The van der Waals surface area contributed by atoms with E-state index in [0.717, 1.165) is 20.2 Å². The summed E-state index contributed by atoms with van der Waals surface area (Å²) in [6, 6.07) is 15.4. The van der Waals surface area contributed by atoms with Crippen LogP contribution in [0.15, 0.2) is 67.4 Å². The Morgan fingerprint density at radius 2 is 1.77 bits per heavy atom. The van der Waals surface area contributed by atoms with Crippen LogP contribution >= 0.6 is 43.6 Å². The van der Waals surface area contributed by atoms with Crippen molar-refractivity contribution in [3.8, 4) is 0 Å². The van der Waals surface area contributed by atoms with E-state index in [4.69, 9.17) is 0 Å². The lowest BCUT2D eigenvalue weighted by atomic mass is 10.2. The third kappa shape index (κ3) is 3.69. The van der Waals surface area contributed by atoms with E-state index in [1.54, 1.807) is 0 Å². The number of rotatable bonds is 2. The van der Waals surface area contributed by atoms with Crippen LogP contribution in [0.5, 0.6) is 0 Å². The summed E-state index contributed by atoms with van der Waals surface area (Å²) in [6.07, 6.45) is 1.86. The topological polar surface area (TPSA) is 41.5 Å². The lowest BCUT2D eigenvalue weighted by Crippen LogP contribution is -2.19. The number of halogens is 2. The van der Waals surface area contributed by atoms with E-state index in [1.165, 1.54) is 11.8 Å². The zero-order valence-electron chi connectivity index (χ0n) is 11.2. The van der Waals surface area contributed by atoms with Crippen LogP contribution in [0.2, 0.25) is 0 Å². The van der Waals surface area contributed by atoms with Gasteiger partial charge in [-0.05, 0) is 63.6 Å². The largest absolute Gasteiger partial charge is 0.300 e. The van der Waals surface area contributed by atoms with Crippen LogP contribution in [0.4, 0.5) is 5.69 Å². The fourth-order valence-electron chi connectivity index (χ4n) is 1.84. The average molecular weight is 438 g/mol. The number of hydrogen-bond donors (Lipinski definition) is 1. The van der Waals surface area contributed by atoms with Gasteiger partial charge in [0.1, 0.15) is 0 Å². The molecule has 2 aromatic carbocycles. The molecule has 1 N–H and O–H groups in total. The molecule has 0 atom stereocenters. The molecule has 1 heterocycles. The van der Waals surface area contributed by atoms with E-state index in [0.29, 0.717) is 10.1 Å². The van der Waals surface area contributed by atoms with Gasteiger partial charge in [0.15, 0.2) is 5.17 Å². The molecule has 0 saturated carbocycles. The number of amides is 1. The van der Waals surface area contributed by atoms with Gasteiger partial charge in [0.2, 0.25) is 0 Å². The Labute approximate surface area is 149 Å². The van der Waals surface area contributed by atoms with Crippen molar-refractivity contribution in [2.45, 2.75) is 0 Å². The molecule has 1 saturated heterocycles. The minimum Gasteiger partial charge on any atom is -0.300 e. The maximum absolute atomic E-state index is 12.0. The Hall–Kier alpha value is -1.37. The quantitative estimate of drug-likeness (QED) is 0.663. The van der Waals surface area contributed by atoms with Crippen LogP contribution in [0.25, 0.3) is 6.08 Å². The second kappa shape index (κ2) is 6.81. The van der Waals surface area contributed by atoms with Gasteiger partial charge in [0.25, 0.3) is 5.91 Å². The maximum Gasteiger partial charge on any atom is 0.264 e. The summed E-state index contributed by atoms with van der Waals surface area (Å²) in [4.78, 5) is 17.1. The van der Waals surface area contributed by atoms with Crippen molar-refractivity contribution >= 4 is 66.5 Å². The molecule has 6 heteroatoms. The third-order valence-electron chi connectivity index (χ3n) is 2.89. The molecule has 3 nitrogen and oxygen atoms in total. The summed E-state index contributed by atoms with van der Waals surface area (Å²) < 4.78 is 1.90. The fraction of sp³-hybridized carbons (Fsp3) is 0. The fourth-order valence-corrected chi connectivity index (χ4v) is 3.32. The van der Waals surface area contributed by atoms with E-state index in [1.807, 2.05) is 54.6 Å². The first kappa shape index (κ1) is 15.5. The van der Waals surface area contributed by atoms with Crippen molar-refractivity contribution in [2.75, 3.05) is 0 Å². The van der Waals surface area contributed by atoms with Gasteiger partial charge >= 0.3 is 0 Å². The molecule has 3 rings (SSSR count). The Bertz CT molecular complexity index is 785. The van der Waals surface area contributed by atoms with E-state index >= 15 is 0 Å². The van der Waals surface area contributed by atoms with Gasteiger partial charge in [-0.15, -0.1) is 0 Å². The van der Waals surface area contributed by atoms with E-state index in [9.17, 15) is 4.79 Å². The van der Waals surface area contributed by atoms with Crippen molar-refractivity contribution in [3.05, 3.63) is 67.9 Å². The molecular weight excluding hydrogens is 428 g/mol. The molecule has 0 spiro atoms. The van der Waals surface area contributed by atoms with Gasteiger partial charge in [-0.2, -0.15) is 0 Å². The number of para-hydroxylation sites is 1. The number of thioether (sulfide) groups is 1. The van der Waals surface area contributed by atoms with Crippen molar-refractivity contribution in [2.24, 2.45) is 4.99 Å². The average Bonchev–Trinajstić information content (AvgIpc) is 2.84. The van der Waals surface area contributed by atoms with Gasteiger partial charge in [0.05, 0.1) is 10.6 Å². The summed E-state index contributed by atoms with van der Waals surface area (Å²) in [7, 11) is 0. The first-order valence-corrected chi connectivity index (χ1v) is 8.82. The lowest BCUT2D eigenvalue weighted by molar-refractivity contribution is -0.115. The first-order chi connectivity index (χ1) is 10.6. The van der Waals surface area contributed by atoms with Crippen molar-refractivity contribution in [3.63, 3.8) is 0 Å². The molecule has 0 bridgehead atoms. The van der Waals surface area contributed by atoms with Crippen molar-refractivity contribution in [1.82, 2.24) is 5.32 Å².